The van der Waals surface area contributed by atoms with Crippen LogP contribution in [0.4, 0.5) is 0 Å². The van der Waals surface area contributed by atoms with Crippen molar-refractivity contribution in [3.05, 3.63) is 52.8 Å². The van der Waals surface area contributed by atoms with Gasteiger partial charge in [-0.1, -0.05) is 30.3 Å². The van der Waals surface area contributed by atoms with Gasteiger partial charge in [-0.3, -0.25) is 4.68 Å². The molecule has 2 rings (SSSR count). The third kappa shape index (κ3) is 3.68. The zero-order chi connectivity index (χ0) is 14.8. The SMILES string of the molecule is Cc1nn(Cc2ccccc2)c(C)c1CNS(C)(=O)=O. The van der Waals surface area contributed by atoms with Gasteiger partial charge >= 0.3 is 0 Å². The maximum Gasteiger partial charge on any atom is 0.209 e. The molecule has 5 nitrogen and oxygen atoms in total. The fourth-order valence-electron chi connectivity index (χ4n) is 2.10. The molecule has 1 aromatic heterocycles. The van der Waals surface area contributed by atoms with E-state index in [-0.39, 0.29) is 6.54 Å². The minimum atomic E-state index is -3.19. The van der Waals surface area contributed by atoms with E-state index < -0.39 is 10.0 Å². The fraction of sp³-hybridized carbons (Fsp3) is 0.357. The van der Waals surface area contributed by atoms with Gasteiger partial charge in [-0.05, 0) is 19.4 Å². The van der Waals surface area contributed by atoms with Crippen LogP contribution in [0, 0.1) is 13.8 Å². The second kappa shape index (κ2) is 5.76. The summed E-state index contributed by atoms with van der Waals surface area (Å²) in [6.07, 6.45) is 1.16. The summed E-state index contributed by atoms with van der Waals surface area (Å²) in [6.45, 7) is 4.83. The summed E-state index contributed by atoms with van der Waals surface area (Å²) in [7, 11) is -3.19. The highest BCUT2D eigenvalue weighted by atomic mass is 32.2. The number of benzene rings is 1. The lowest BCUT2D eigenvalue weighted by Crippen LogP contribution is -2.21. The molecule has 0 radical (unpaired) electrons. The summed E-state index contributed by atoms with van der Waals surface area (Å²) in [5, 5.41) is 4.49. The smallest absolute Gasteiger partial charge is 0.209 e. The van der Waals surface area contributed by atoms with Crippen LogP contribution in [0.1, 0.15) is 22.5 Å². The van der Waals surface area contributed by atoms with Gasteiger partial charge in [-0.2, -0.15) is 5.10 Å². The predicted octanol–water partition coefficient (Wildman–Crippen LogP) is 1.60. The van der Waals surface area contributed by atoms with Crippen molar-refractivity contribution in [1.29, 1.82) is 0 Å². The Labute approximate surface area is 119 Å². The second-order valence-electron chi connectivity index (χ2n) is 4.89. The van der Waals surface area contributed by atoms with Crippen molar-refractivity contribution in [2.75, 3.05) is 6.26 Å². The molecular weight excluding hydrogens is 274 g/mol. The quantitative estimate of drug-likeness (QED) is 0.910. The summed E-state index contributed by atoms with van der Waals surface area (Å²) in [4.78, 5) is 0. The van der Waals surface area contributed by atoms with E-state index >= 15 is 0 Å². The van der Waals surface area contributed by atoms with Crippen LogP contribution < -0.4 is 4.72 Å². The summed E-state index contributed by atoms with van der Waals surface area (Å²) in [6, 6.07) is 10.1. The standard InChI is InChI=1S/C14H19N3O2S/c1-11-14(9-15-20(3,18)19)12(2)17(16-11)10-13-7-5-4-6-8-13/h4-8,15H,9-10H2,1-3H3. The molecule has 0 fully saturated rings. The molecule has 108 valence electrons. The van der Waals surface area contributed by atoms with Gasteiger partial charge in [0.05, 0.1) is 18.5 Å². The normalized spacial score (nSPS) is 11.8. The first kappa shape index (κ1) is 14.7. The predicted molar refractivity (Wildman–Crippen MR) is 78.9 cm³/mol. The lowest BCUT2D eigenvalue weighted by Gasteiger charge is -2.06. The lowest BCUT2D eigenvalue weighted by molar-refractivity contribution is 0.587. The van der Waals surface area contributed by atoms with Crippen LogP contribution in [0.3, 0.4) is 0 Å². The number of nitrogens with one attached hydrogen (secondary N) is 1. The number of nitrogens with zero attached hydrogens (tertiary/aromatic N) is 2. The number of aromatic nitrogens is 2. The highest BCUT2D eigenvalue weighted by Crippen LogP contribution is 2.14. The first-order valence-electron chi connectivity index (χ1n) is 6.38. The molecule has 0 unspecified atom stereocenters. The summed E-state index contributed by atoms with van der Waals surface area (Å²) >= 11 is 0. The van der Waals surface area contributed by atoms with Gasteiger partial charge in [0.25, 0.3) is 0 Å². The van der Waals surface area contributed by atoms with E-state index in [1.165, 1.54) is 5.56 Å². The number of aryl methyl sites for hydroxylation is 1. The molecule has 0 aliphatic carbocycles. The molecule has 0 bridgehead atoms. The van der Waals surface area contributed by atoms with E-state index in [1.54, 1.807) is 0 Å². The Balaban J connectivity index is 2.20. The Morgan fingerprint density at radius 3 is 2.45 bits per heavy atom. The Hall–Kier alpha value is -1.66. The zero-order valence-electron chi connectivity index (χ0n) is 11.9. The van der Waals surface area contributed by atoms with Gasteiger partial charge in [0.15, 0.2) is 0 Å². The third-order valence-electron chi connectivity index (χ3n) is 3.22. The van der Waals surface area contributed by atoms with E-state index in [1.807, 2.05) is 48.9 Å². The number of hydrogen-bond acceptors (Lipinski definition) is 3. The van der Waals surface area contributed by atoms with Crippen LogP contribution >= 0.6 is 0 Å². The maximum atomic E-state index is 11.2. The van der Waals surface area contributed by atoms with Crippen molar-refractivity contribution in [3.8, 4) is 0 Å². The molecule has 2 aromatic rings. The van der Waals surface area contributed by atoms with Crippen LogP contribution in [0.15, 0.2) is 30.3 Å². The molecule has 0 saturated carbocycles. The van der Waals surface area contributed by atoms with Gasteiger partial charge in [0, 0.05) is 17.8 Å². The minimum Gasteiger partial charge on any atom is -0.265 e. The first-order valence-corrected chi connectivity index (χ1v) is 8.27. The van der Waals surface area contributed by atoms with E-state index in [0.717, 1.165) is 23.2 Å². The van der Waals surface area contributed by atoms with Gasteiger partial charge in [0.1, 0.15) is 0 Å². The van der Waals surface area contributed by atoms with Crippen molar-refractivity contribution in [2.45, 2.75) is 26.9 Å². The molecule has 0 aliphatic rings. The van der Waals surface area contributed by atoms with Crippen LogP contribution in [0.5, 0.6) is 0 Å². The Bertz CT molecular complexity index is 691. The molecule has 1 heterocycles. The van der Waals surface area contributed by atoms with Gasteiger partial charge in [-0.15, -0.1) is 0 Å². The summed E-state index contributed by atoms with van der Waals surface area (Å²) in [5.74, 6) is 0. The highest BCUT2D eigenvalue weighted by molar-refractivity contribution is 7.88. The first-order chi connectivity index (χ1) is 9.37. The molecule has 20 heavy (non-hydrogen) atoms. The number of hydrogen-bond donors (Lipinski definition) is 1. The lowest BCUT2D eigenvalue weighted by atomic mass is 10.2. The van der Waals surface area contributed by atoms with Crippen LogP contribution in [0.25, 0.3) is 0 Å². The Morgan fingerprint density at radius 2 is 1.85 bits per heavy atom. The van der Waals surface area contributed by atoms with Crippen LogP contribution in [-0.2, 0) is 23.1 Å². The van der Waals surface area contributed by atoms with Gasteiger partial charge < -0.3 is 0 Å². The highest BCUT2D eigenvalue weighted by Gasteiger charge is 2.13. The van der Waals surface area contributed by atoms with Gasteiger partial charge in [-0.25, -0.2) is 13.1 Å². The average molecular weight is 293 g/mol. The van der Waals surface area contributed by atoms with Crippen molar-refractivity contribution in [1.82, 2.24) is 14.5 Å². The molecular formula is C14H19N3O2S. The maximum absolute atomic E-state index is 11.2. The molecule has 0 saturated heterocycles. The molecule has 0 amide bonds. The van der Waals surface area contributed by atoms with Crippen molar-refractivity contribution < 1.29 is 8.42 Å². The molecule has 0 atom stereocenters. The van der Waals surface area contributed by atoms with E-state index in [2.05, 4.69) is 9.82 Å². The molecule has 1 N–H and O–H groups in total. The minimum absolute atomic E-state index is 0.283. The average Bonchev–Trinajstić information content (AvgIpc) is 2.63. The molecule has 1 aromatic carbocycles. The number of rotatable bonds is 5. The topological polar surface area (TPSA) is 64.0 Å². The van der Waals surface area contributed by atoms with E-state index in [0.29, 0.717) is 6.54 Å². The third-order valence-corrected chi connectivity index (χ3v) is 3.89. The van der Waals surface area contributed by atoms with Crippen molar-refractivity contribution >= 4 is 10.0 Å². The second-order valence-corrected chi connectivity index (χ2v) is 6.72. The monoisotopic (exact) mass is 293 g/mol. The summed E-state index contributed by atoms with van der Waals surface area (Å²) in [5.41, 5.74) is 3.95. The van der Waals surface area contributed by atoms with E-state index in [9.17, 15) is 8.42 Å². The fourth-order valence-corrected chi connectivity index (χ4v) is 2.51. The zero-order valence-corrected chi connectivity index (χ0v) is 12.7. The molecule has 0 aliphatic heterocycles. The van der Waals surface area contributed by atoms with Crippen molar-refractivity contribution in [3.63, 3.8) is 0 Å². The van der Waals surface area contributed by atoms with E-state index in [4.69, 9.17) is 0 Å². The van der Waals surface area contributed by atoms with Gasteiger partial charge in [0.2, 0.25) is 10.0 Å². The number of sulfonamides is 1. The largest absolute Gasteiger partial charge is 0.265 e. The summed E-state index contributed by atoms with van der Waals surface area (Å²) < 4.78 is 26.8. The molecule has 0 spiro atoms. The van der Waals surface area contributed by atoms with Crippen molar-refractivity contribution in [2.24, 2.45) is 0 Å². The van der Waals surface area contributed by atoms with Crippen LogP contribution in [-0.4, -0.2) is 24.5 Å². The Morgan fingerprint density at radius 1 is 1.20 bits per heavy atom. The Kier molecular flexibility index (Phi) is 4.25. The molecule has 6 heteroatoms. The van der Waals surface area contributed by atoms with Crippen LogP contribution in [0.2, 0.25) is 0 Å².